The van der Waals surface area contributed by atoms with Gasteiger partial charge in [-0.3, -0.25) is 14.2 Å². The number of likely N-dealkylation sites (N-methyl/N-ethyl adjacent to an activating group) is 1. The van der Waals surface area contributed by atoms with Gasteiger partial charge in [0.25, 0.3) is 5.56 Å². The number of anilines is 1. The van der Waals surface area contributed by atoms with Crippen LogP contribution < -0.4 is 10.5 Å². The summed E-state index contributed by atoms with van der Waals surface area (Å²) in [5, 5.41) is 9.38. The van der Waals surface area contributed by atoms with Crippen LogP contribution in [0.4, 0.5) is 18.9 Å². The van der Waals surface area contributed by atoms with E-state index < -0.39 is 17.3 Å². The lowest BCUT2D eigenvalue weighted by Gasteiger charge is -2.23. The summed E-state index contributed by atoms with van der Waals surface area (Å²) >= 11 is 0. The van der Waals surface area contributed by atoms with E-state index in [0.717, 1.165) is 17.7 Å². The van der Waals surface area contributed by atoms with Crippen molar-refractivity contribution in [2.24, 2.45) is 0 Å². The van der Waals surface area contributed by atoms with Crippen LogP contribution in [0.3, 0.4) is 0 Å². The fraction of sp³-hybridized carbons (Fsp3) is 0.320. The number of alkyl halides is 3. The molecule has 1 N–H and O–H groups in total. The van der Waals surface area contributed by atoms with Gasteiger partial charge in [0.15, 0.2) is 0 Å². The van der Waals surface area contributed by atoms with Gasteiger partial charge in [0.2, 0.25) is 5.91 Å². The molecule has 0 spiro atoms. The molecule has 0 aliphatic carbocycles. The molecule has 1 heterocycles. The van der Waals surface area contributed by atoms with Crippen molar-refractivity contribution >= 4 is 11.6 Å². The van der Waals surface area contributed by atoms with E-state index in [4.69, 9.17) is 0 Å². The number of aliphatic hydroxyl groups is 1. The van der Waals surface area contributed by atoms with Crippen molar-refractivity contribution in [3.63, 3.8) is 0 Å². The normalized spacial score (nSPS) is 11.5. The standard InChI is InChI=1S/C25H26F3N3O3/c1-4-30(20-7-5-6-16(2)14-20)22(33)15-31-23(29-17(3)21(12-13-32)24(31)34)18-8-10-19(11-9-18)25(26,27)28/h5-11,14,32H,4,12-13,15H2,1-3H3. The Balaban J connectivity index is 2.10. The minimum absolute atomic E-state index is 0.0501. The second-order valence-electron chi connectivity index (χ2n) is 7.92. The summed E-state index contributed by atoms with van der Waals surface area (Å²) in [5.74, 6) is -0.282. The number of carbonyl (C=O) groups excluding carboxylic acids is 1. The quantitative estimate of drug-likeness (QED) is 0.560. The van der Waals surface area contributed by atoms with Crippen molar-refractivity contribution in [2.75, 3.05) is 18.1 Å². The molecule has 1 amide bonds. The third-order valence-electron chi connectivity index (χ3n) is 5.53. The van der Waals surface area contributed by atoms with E-state index in [1.54, 1.807) is 13.0 Å². The largest absolute Gasteiger partial charge is 0.416 e. The van der Waals surface area contributed by atoms with Crippen LogP contribution in [0.5, 0.6) is 0 Å². The lowest BCUT2D eigenvalue weighted by atomic mass is 10.1. The Morgan fingerprint density at radius 2 is 1.79 bits per heavy atom. The number of benzene rings is 2. The number of amides is 1. The number of carbonyl (C=O) groups is 1. The van der Waals surface area contributed by atoms with Crippen molar-refractivity contribution in [3.8, 4) is 11.4 Å². The fourth-order valence-corrected chi connectivity index (χ4v) is 3.79. The summed E-state index contributed by atoms with van der Waals surface area (Å²) in [6.07, 6.45) is -4.45. The van der Waals surface area contributed by atoms with Crippen LogP contribution in [0.15, 0.2) is 53.3 Å². The maximum atomic E-state index is 13.3. The van der Waals surface area contributed by atoms with Gasteiger partial charge in [-0.1, -0.05) is 24.3 Å². The van der Waals surface area contributed by atoms with E-state index >= 15 is 0 Å². The Labute approximate surface area is 195 Å². The average molecular weight is 473 g/mol. The van der Waals surface area contributed by atoms with Gasteiger partial charge in [0, 0.05) is 42.1 Å². The Bertz CT molecular complexity index is 1230. The number of aliphatic hydroxyl groups excluding tert-OH is 1. The number of nitrogens with zero attached hydrogens (tertiary/aromatic N) is 3. The molecule has 0 radical (unpaired) electrons. The molecule has 0 bridgehead atoms. The van der Waals surface area contributed by atoms with E-state index in [0.29, 0.717) is 17.9 Å². The molecule has 3 aromatic rings. The summed E-state index contributed by atoms with van der Waals surface area (Å²) in [6, 6.07) is 11.7. The molecule has 0 unspecified atom stereocenters. The molecule has 0 fully saturated rings. The zero-order valence-electron chi connectivity index (χ0n) is 19.2. The fourth-order valence-electron chi connectivity index (χ4n) is 3.79. The molecule has 0 aliphatic heterocycles. The van der Waals surface area contributed by atoms with Gasteiger partial charge in [-0.05, 0) is 50.6 Å². The van der Waals surface area contributed by atoms with E-state index in [1.165, 1.54) is 21.6 Å². The SMILES string of the molecule is CCN(C(=O)Cn1c(-c2ccc(C(F)(F)F)cc2)nc(C)c(CCO)c1=O)c1cccc(C)c1. The summed E-state index contributed by atoms with van der Waals surface area (Å²) in [4.78, 5) is 32.5. The Kier molecular flexibility index (Phi) is 7.56. The number of hydrogen-bond donors (Lipinski definition) is 1. The predicted octanol–water partition coefficient (Wildman–Crippen LogP) is 4.13. The van der Waals surface area contributed by atoms with Crippen LogP contribution in [-0.4, -0.2) is 33.7 Å². The predicted molar refractivity (Wildman–Crippen MR) is 124 cm³/mol. The summed E-state index contributed by atoms with van der Waals surface area (Å²) in [7, 11) is 0. The topological polar surface area (TPSA) is 75.4 Å². The zero-order chi connectivity index (χ0) is 25.0. The maximum Gasteiger partial charge on any atom is 0.416 e. The molecular formula is C25H26F3N3O3. The van der Waals surface area contributed by atoms with Crippen LogP contribution in [0.25, 0.3) is 11.4 Å². The van der Waals surface area contributed by atoms with Crippen molar-refractivity contribution in [3.05, 3.63) is 81.3 Å². The first-order valence-electron chi connectivity index (χ1n) is 10.8. The molecule has 2 aromatic carbocycles. The highest BCUT2D eigenvalue weighted by Crippen LogP contribution is 2.30. The second kappa shape index (κ2) is 10.2. The van der Waals surface area contributed by atoms with Gasteiger partial charge >= 0.3 is 6.18 Å². The highest BCUT2D eigenvalue weighted by atomic mass is 19.4. The van der Waals surface area contributed by atoms with E-state index in [9.17, 15) is 27.9 Å². The third-order valence-corrected chi connectivity index (χ3v) is 5.53. The first-order chi connectivity index (χ1) is 16.1. The lowest BCUT2D eigenvalue weighted by Crippen LogP contribution is -2.38. The Morgan fingerprint density at radius 1 is 1.12 bits per heavy atom. The van der Waals surface area contributed by atoms with Crippen LogP contribution >= 0.6 is 0 Å². The molecule has 6 nitrogen and oxygen atoms in total. The summed E-state index contributed by atoms with van der Waals surface area (Å²) in [5.41, 5.74) is 1.18. The molecule has 0 aliphatic rings. The van der Waals surface area contributed by atoms with E-state index in [-0.39, 0.29) is 42.4 Å². The van der Waals surface area contributed by atoms with Crippen molar-refractivity contribution < 1.29 is 23.1 Å². The maximum absolute atomic E-state index is 13.3. The van der Waals surface area contributed by atoms with Gasteiger partial charge < -0.3 is 10.0 Å². The van der Waals surface area contributed by atoms with Gasteiger partial charge in [-0.2, -0.15) is 13.2 Å². The molecule has 0 atom stereocenters. The van der Waals surface area contributed by atoms with Crippen molar-refractivity contribution in [1.29, 1.82) is 0 Å². The molecule has 3 rings (SSSR count). The van der Waals surface area contributed by atoms with Gasteiger partial charge in [-0.15, -0.1) is 0 Å². The second-order valence-corrected chi connectivity index (χ2v) is 7.92. The highest BCUT2D eigenvalue weighted by Gasteiger charge is 2.30. The minimum Gasteiger partial charge on any atom is -0.396 e. The smallest absolute Gasteiger partial charge is 0.396 e. The van der Waals surface area contributed by atoms with Crippen LogP contribution in [-0.2, 0) is 23.9 Å². The van der Waals surface area contributed by atoms with Crippen LogP contribution in [0, 0.1) is 13.8 Å². The molecule has 180 valence electrons. The van der Waals surface area contributed by atoms with Gasteiger partial charge in [0.1, 0.15) is 12.4 Å². The molecule has 9 heteroatoms. The van der Waals surface area contributed by atoms with Crippen molar-refractivity contribution in [1.82, 2.24) is 9.55 Å². The first kappa shape index (κ1) is 25.2. The number of rotatable bonds is 7. The number of aromatic nitrogens is 2. The molecule has 0 saturated heterocycles. The molecule has 1 aromatic heterocycles. The first-order valence-corrected chi connectivity index (χ1v) is 10.8. The van der Waals surface area contributed by atoms with Gasteiger partial charge in [-0.25, -0.2) is 4.98 Å². The molecular weight excluding hydrogens is 447 g/mol. The molecule has 0 saturated carbocycles. The number of hydrogen-bond acceptors (Lipinski definition) is 4. The Morgan fingerprint density at radius 3 is 2.35 bits per heavy atom. The number of halogens is 3. The Hall–Kier alpha value is -3.46. The highest BCUT2D eigenvalue weighted by molar-refractivity contribution is 5.93. The van der Waals surface area contributed by atoms with Gasteiger partial charge in [0.05, 0.1) is 5.56 Å². The number of aryl methyl sites for hydroxylation is 2. The van der Waals surface area contributed by atoms with E-state index in [2.05, 4.69) is 4.98 Å². The van der Waals surface area contributed by atoms with Crippen molar-refractivity contribution in [2.45, 2.75) is 39.9 Å². The van der Waals surface area contributed by atoms with Crippen LogP contribution in [0.2, 0.25) is 0 Å². The summed E-state index contributed by atoms with van der Waals surface area (Å²) in [6.45, 7) is 5.02. The monoisotopic (exact) mass is 473 g/mol. The molecule has 34 heavy (non-hydrogen) atoms. The zero-order valence-corrected chi connectivity index (χ0v) is 19.2. The van der Waals surface area contributed by atoms with Crippen LogP contribution in [0.1, 0.15) is 29.3 Å². The summed E-state index contributed by atoms with van der Waals surface area (Å²) < 4.78 is 40.2. The minimum atomic E-state index is -4.50. The van der Waals surface area contributed by atoms with E-state index in [1.807, 2.05) is 32.0 Å². The average Bonchev–Trinajstić information content (AvgIpc) is 2.78. The third kappa shape index (κ3) is 5.36. The lowest BCUT2D eigenvalue weighted by molar-refractivity contribution is -0.137.